The van der Waals surface area contributed by atoms with Crippen LogP contribution in [0, 0.1) is 5.41 Å². The molecule has 2 heterocycles. The highest BCUT2D eigenvalue weighted by atomic mass is 32.1. The first-order valence-corrected chi connectivity index (χ1v) is 8.21. The first-order chi connectivity index (χ1) is 9.09. The maximum absolute atomic E-state index is 5.51. The molecule has 1 aromatic rings. The maximum Gasteiger partial charge on any atom is 0.0986 e. The molecule has 0 amide bonds. The average Bonchev–Trinajstić information content (AvgIpc) is 2.94. The summed E-state index contributed by atoms with van der Waals surface area (Å²) in [5, 5.41) is 4.95. The maximum atomic E-state index is 5.51. The van der Waals surface area contributed by atoms with E-state index in [4.69, 9.17) is 9.72 Å². The molecule has 0 radical (unpaired) electrons. The van der Waals surface area contributed by atoms with E-state index < -0.39 is 0 Å². The summed E-state index contributed by atoms with van der Waals surface area (Å²) in [6.45, 7) is 9.70. The predicted molar refractivity (Wildman–Crippen MR) is 78.8 cm³/mol. The van der Waals surface area contributed by atoms with Gasteiger partial charge in [0.2, 0.25) is 0 Å². The van der Waals surface area contributed by atoms with Crippen LogP contribution in [0.5, 0.6) is 0 Å². The minimum atomic E-state index is 0.358. The topological polar surface area (TPSA) is 34.2 Å². The first kappa shape index (κ1) is 13.5. The van der Waals surface area contributed by atoms with E-state index in [9.17, 15) is 0 Å². The lowest BCUT2D eigenvalue weighted by molar-refractivity contribution is 0.194. The third-order valence-electron chi connectivity index (χ3n) is 4.19. The van der Waals surface area contributed by atoms with Crippen molar-refractivity contribution in [3.8, 4) is 0 Å². The normalized spacial score (nSPS) is 29.4. The largest absolute Gasteiger partial charge is 0.381 e. The summed E-state index contributed by atoms with van der Waals surface area (Å²) in [4.78, 5) is 6.45. The monoisotopic (exact) mass is 280 g/mol. The molecule has 1 aromatic heterocycles. The van der Waals surface area contributed by atoms with Crippen LogP contribution in [0.3, 0.4) is 0 Å². The van der Waals surface area contributed by atoms with E-state index in [0.29, 0.717) is 17.4 Å². The number of nitrogens with one attached hydrogen (secondary N) is 1. The van der Waals surface area contributed by atoms with Crippen LogP contribution in [0.15, 0.2) is 0 Å². The lowest BCUT2D eigenvalue weighted by Gasteiger charge is -2.34. The summed E-state index contributed by atoms with van der Waals surface area (Å²) >= 11 is 1.93. The van der Waals surface area contributed by atoms with Gasteiger partial charge in [0.05, 0.1) is 17.3 Å². The smallest absolute Gasteiger partial charge is 0.0986 e. The highest BCUT2D eigenvalue weighted by Crippen LogP contribution is 2.44. The summed E-state index contributed by atoms with van der Waals surface area (Å²) in [7, 11) is 0. The zero-order valence-electron chi connectivity index (χ0n) is 12.2. The first-order valence-electron chi connectivity index (χ1n) is 7.39. The fraction of sp³-hybridized carbons (Fsp3) is 0.800. The molecule has 0 aromatic carbocycles. The molecule has 1 aliphatic carbocycles. The Morgan fingerprint density at radius 1 is 1.47 bits per heavy atom. The second-order valence-corrected chi connectivity index (χ2v) is 7.64. The molecule has 1 fully saturated rings. The van der Waals surface area contributed by atoms with Crippen LogP contribution in [-0.2, 0) is 11.2 Å². The van der Waals surface area contributed by atoms with Crippen molar-refractivity contribution in [3.63, 3.8) is 0 Å². The van der Waals surface area contributed by atoms with Crippen LogP contribution in [0.25, 0.3) is 0 Å². The van der Waals surface area contributed by atoms with Gasteiger partial charge >= 0.3 is 0 Å². The van der Waals surface area contributed by atoms with Crippen molar-refractivity contribution >= 4 is 11.3 Å². The van der Waals surface area contributed by atoms with Gasteiger partial charge in [0.1, 0.15) is 0 Å². The average molecular weight is 280 g/mol. The summed E-state index contributed by atoms with van der Waals surface area (Å²) in [6, 6.07) is 0.498. The molecule has 0 bridgehead atoms. The third-order valence-corrected chi connectivity index (χ3v) is 5.57. The zero-order chi connectivity index (χ0) is 13.5. The summed E-state index contributed by atoms with van der Waals surface area (Å²) in [6.07, 6.45) is 3.48. The van der Waals surface area contributed by atoms with Crippen molar-refractivity contribution in [2.75, 3.05) is 19.8 Å². The molecule has 1 saturated heterocycles. The molecule has 19 heavy (non-hydrogen) atoms. The quantitative estimate of drug-likeness (QED) is 0.922. The van der Waals surface area contributed by atoms with Crippen LogP contribution in [0.2, 0.25) is 0 Å². The minimum absolute atomic E-state index is 0.358. The number of ether oxygens (including phenoxy) is 1. The Balaban J connectivity index is 1.90. The number of fused-ring (bicyclic) bond motifs is 1. The van der Waals surface area contributed by atoms with Gasteiger partial charge in [-0.1, -0.05) is 20.8 Å². The van der Waals surface area contributed by atoms with E-state index in [-0.39, 0.29) is 0 Å². The van der Waals surface area contributed by atoms with Crippen molar-refractivity contribution < 1.29 is 4.74 Å². The van der Waals surface area contributed by atoms with E-state index in [0.717, 1.165) is 32.6 Å². The van der Waals surface area contributed by atoms with Crippen LogP contribution in [0.4, 0.5) is 0 Å². The van der Waals surface area contributed by atoms with Crippen molar-refractivity contribution in [3.05, 3.63) is 15.6 Å². The lowest BCUT2D eigenvalue weighted by Crippen LogP contribution is -2.32. The van der Waals surface area contributed by atoms with Crippen LogP contribution in [-0.4, -0.2) is 24.7 Å². The van der Waals surface area contributed by atoms with E-state index in [1.54, 1.807) is 0 Å². The summed E-state index contributed by atoms with van der Waals surface area (Å²) in [5.41, 5.74) is 1.70. The van der Waals surface area contributed by atoms with Crippen LogP contribution >= 0.6 is 11.3 Å². The van der Waals surface area contributed by atoms with Gasteiger partial charge < -0.3 is 10.1 Å². The molecule has 0 saturated carbocycles. The van der Waals surface area contributed by atoms with Crippen LogP contribution < -0.4 is 5.32 Å². The molecule has 0 spiro atoms. The van der Waals surface area contributed by atoms with Gasteiger partial charge in [0.25, 0.3) is 0 Å². The highest BCUT2D eigenvalue weighted by Gasteiger charge is 2.35. The van der Waals surface area contributed by atoms with Crippen molar-refractivity contribution in [2.45, 2.75) is 52.0 Å². The van der Waals surface area contributed by atoms with Gasteiger partial charge in [-0.2, -0.15) is 0 Å². The van der Waals surface area contributed by atoms with Gasteiger partial charge in [-0.3, -0.25) is 0 Å². The molecule has 4 heteroatoms. The SMILES string of the molecule is CCNC1CC(C)(C)Cc2nc(C3CCOC3)sc21. The molecular formula is C15H24N2OS. The Morgan fingerprint density at radius 2 is 2.32 bits per heavy atom. The number of hydrogen-bond acceptors (Lipinski definition) is 4. The summed E-state index contributed by atoms with van der Waals surface area (Å²) < 4.78 is 5.51. The predicted octanol–water partition coefficient (Wildman–Crippen LogP) is 3.27. The molecule has 3 rings (SSSR count). The standard InChI is InChI=1S/C15H24N2OS/c1-4-16-11-7-15(2,3)8-12-13(11)19-14(17-12)10-5-6-18-9-10/h10-11,16H,4-9H2,1-3H3. The van der Waals surface area contributed by atoms with E-state index in [2.05, 4.69) is 26.1 Å². The molecular weight excluding hydrogens is 256 g/mol. The number of nitrogens with zero attached hydrogens (tertiary/aromatic N) is 1. The van der Waals surface area contributed by atoms with E-state index in [1.807, 2.05) is 11.3 Å². The Morgan fingerprint density at radius 3 is 3.00 bits per heavy atom. The summed E-state index contributed by atoms with van der Waals surface area (Å²) in [5.74, 6) is 0.543. The van der Waals surface area contributed by atoms with Gasteiger partial charge in [-0.15, -0.1) is 11.3 Å². The van der Waals surface area contributed by atoms with E-state index in [1.165, 1.54) is 22.0 Å². The fourth-order valence-corrected chi connectivity index (χ4v) is 4.55. The Labute approximate surface area is 119 Å². The van der Waals surface area contributed by atoms with Crippen molar-refractivity contribution in [2.24, 2.45) is 5.41 Å². The van der Waals surface area contributed by atoms with Gasteiger partial charge in [-0.05, 0) is 31.2 Å². The van der Waals surface area contributed by atoms with Gasteiger partial charge in [-0.25, -0.2) is 4.98 Å². The molecule has 106 valence electrons. The minimum Gasteiger partial charge on any atom is -0.381 e. The Kier molecular flexibility index (Phi) is 3.67. The van der Waals surface area contributed by atoms with Gasteiger partial charge in [0.15, 0.2) is 0 Å². The molecule has 2 unspecified atom stereocenters. The molecule has 2 atom stereocenters. The molecule has 2 aliphatic rings. The van der Waals surface area contributed by atoms with Crippen LogP contribution in [0.1, 0.15) is 61.2 Å². The van der Waals surface area contributed by atoms with Crippen molar-refractivity contribution in [1.29, 1.82) is 0 Å². The lowest BCUT2D eigenvalue weighted by atomic mass is 9.76. The Bertz CT molecular complexity index is 449. The highest BCUT2D eigenvalue weighted by molar-refractivity contribution is 7.12. The number of aromatic nitrogens is 1. The zero-order valence-corrected chi connectivity index (χ0v) is 13.0. The molecule has 1 N–H and O–H groups in total. The Hall–Kier alpha value is -0.450. The van der Waals surface area contributed by atoms with E-state index >= 15 is 0 Å². The van der Waals surface area contributed by atoms with Crippen molar-refractivity contribution in [1.82, 2.24) is 10.3 Å². The van der Waals surface area contributed by atoms with Gasteiger partial charge in [0, 0.05) is 23.4 Å². The number of hydrogen-bond donors (Lipinski definition) is 1. The number of thiazole rings is 1. The molecule has 1 aliphatic heterocycles. The molecule has 3 nitrogen and oxygen atoms in total. The second kappa shape index (κ2) is 5.15. The fourth-order valence-electron chi connectivity index (χ4n) is 3.27. The number of rotatable bonds is 3. The third kappa shape index (κ3) is 2.71. The second-order valence-electron chi connectivity index (χ2n) is 6.58.